The summed E-state index contributed by atoms with van der Waals surface area (Å²) >= 11 is 6.43. The number of nitrogens with zero attached hydrogens (tertiary/aromatic N) is 4. The van der Waals surface area contributed by atoms with Crippen LogP contribution in [0.4, 0.5) is 19.0 Å². The van der Waals surface area contributed by atoms with Crippen LogP contribution in [0.5, 0.6) is 0 Å². The maximum Gasteiger partial charge on any atom is 0.416 e. The molecule has 0 saturated carbocycles. The van der Waals surface area contributed by atoms with Crippen LogP contribution in [-0.4, -0.2) is 40.0 Å². The predicted molar refractivity (Wildman–Crippen MR) is 143 cm³/mol. The van der Waals surface area contributed by atoms with Gasteiger partial charge in [0.1, 0.15) is 11.5 Å². The number of anilines is 1. The maximum atomic E-state index is 13.1. The van der Waals surface area contributed by atoms with Crippen molar-refractivity contribution in [2.45, 2.75) is 58.2 Å². The molecular weight excluding hydrogens is 515 g/mol. The van der Waals surface area contributed by atoms with E-state index in [1.54, 1.807) is 18.5 Å². The number of carbonyl (C=O) groups is 1. The van der Waals surface area contributed by atoms with Crippen LogP contribution >= 0.6 is 11.6 Å². The lowest BCUT2D eigenvalue weighted by Gasteiger charge is -2.33. The minimum atomic E-state index is -4.43. The van der Waals surface area contributed by atoms with Gasteiger partial charge in [-0.15, -0.1) is 0 Å². The van der Waals surface area contributed by atoms with Crippen LogP contribution < -0.4 is 10.2 Å². The summed E-state index contributed by atoms with van der Waals surface area (Å²) in [6.07, 6.45) is 4.85. The Labute approximate surface area is 225 Å². The Bertz CT molecular complexity index is 1240. The Morgan fingerprint density at radius 1 is 1.13 bits per heavy atom. The highest BCUT2D eigenvalue weighted by molar-refractivity contribution is 6.33. The summed E-state index contributed by atoms with van der Waals surface area (Å²) in [5.41, 5.74) is 1.25. The van der Waals surface area contributed by atoms with Crippen LogP contribution in [0, 0.1) is 5.92 Å². The molecular formula is C28H31ClF3N5O. The van der Waals surface area contributed by atoms with Crippen molar-refractivity contribution >= 4 is 23.3 Å². The van der Waals surface area contributed by atoms with Gasteiger partial charge >= 0.3 is 6.18 Å². The molecule has 0 radical (unpaired) electrons. The molecule has 1 atom stereocenters. The highest BCUT2D eigenvalue weighted by atomic mass is 35.5. The molecule has 1 aliphatic rings. The lowest BCUT2D eigenvalue weighted by atomic mass is 10.0. The van der Waals surface area contributed by atoms with Crippen LogP contribution in [0.2, 0.25) is 5.02 Å². The Morgan fingerprint density at radius 3 is 2.47 bits per heavy atom. The summed E-state index contributed by atoms with van der Waals surface area (Å²) in [6.45, 7) is 5.46. The molecule has 1 fully saturated rings. The van der Waals surface area contributed by atoms with Gasteiger partial charge in [0, 0.05) is 48.6 Å². The summed E-state index contributed by atoms with van der Waals surface area (Å²) in [5, 5.41) is 3.55. The van der Waals surface area contributed by atoms with Crippen LogP contribution in [0.25, 0.3) is 22.5 Å². The highest BCUT2D eigenvalue weighted by Gasteiger charge is 2.30. The minimum absolute atomic E-state index is 0.00394. The number of benzene rings is 1. The summed E-state index contributed by atoms with van der Waals surface area (Å²) in [4.78, 5) is 28.1. The molecule has 1 unspecified atom stereocenters. The molecule has 1 aliphatic heterocycles. The van der Waals surface area contributed by atoms with Gasteiger partial charge in [-0.25, -0.2) is 4.98 Å². The smallest absolute Gasteiger partial charge is 0.355 e. The fourth-order valence-electron chi connectivity index (χ4n) is 4.55. The Hall–Kier alpha value is -3.20. The van der Waals surface area contributed by atoms with Gasteiger partial charge in [-0.3, -0.25) is 14.8 Å². The monoisotopic (exact) mass is 545 g/mol. The van der Waals surface area contributed by atoms with E-state index in [1.165, 1.54) is 18.3 Å². The van der Waals surface area contributed by atoms with Crippen LogP contribution in [0.3, 0.4) is 0 Å². The zero-order valence-corrected chi connectivity index (χ0v) is 22.2. The molecule has 202 valence electrons. The molecule has 1 amide bonds. The molecule has 10 heteroatoms. The lowest BCUT2D eigenvalue weighted by molar-refractivity contribution is -0.137. The largest absolute Gasteiger partial charge is 0.416 e. The molecule has 3 aromatic rings. The number of pyridine rings is 1. The fraction of sp³-hybridized carbons (Fsp3) is 0.429. The van der Waals surface area contributed by atoms with Gasteiger partial charge in [-0.2, -0.15) is 13.2 Å². The Kier molecular flexibility index (Phi) is 8.87. The van der Waals surface area contributed by atoms with E-state index in [4.69, 9.17) is 16.6 Å². The predicted octanol–water partition coefficient (Wildman–Crippen LogP) is 6.79. The van der Waals surface area contributed by atoms with E-state index in [0.717, 1.165) is 44.2 Å². The number of hydrogen-bond acceptors (Lipinski definition) is 5. The molecule has 4 rings (SSSR count). The van der Waals surface area contributed by atoms with Gasteiger partial charge in [0.2, 0.25) is 5.91 Å². The zero-order valence-electron chi connectivity index (χ0n) is 21.4. The van der Waals surface area contributed by atoms with Crippen molar-refractivity contribution in [3.63, 3.8) is 0 Å². The van der Waals surface area contributed by atoms with Gasteiger partial charge < -0.3 is 10.2 Å². The van der Waals surface area contributed by atoms with E-state index in [-0.39, 0.29) is 17.9 Å². The van der Waals surface area contributed by atoms with E-state index < -0.39 is 11.7 Å². The number of carbonyl (C=O) groups excluding carboxylic acids is 1. The molecule has 1 N–H and O–H groups in total. The van der Waals surface area contributed by atoms with Crippen LogP contribution in [-0.2, 0) is 11.0 Å². The van der Waals surface area contributed by atoms with Crippen molar-refractivity contribution in [2.75, 3.05) is 18.0 Å². The Morgan fingerprint density at radius 2 is 1.84 bits per heavy atom. The van der Waals surface area contributed by atoms with E-state index in [1.807, 2.05) is 6.92 Å². The summed E-state index contributed by atoms with van der Waals surface area (Å²) in [5.74, 6) is 0.751. The number of piperidine rings is 1. The van der Waals surface area contributed by atoms with Crippen LogP contribution in [0.15, 0.2) is 48.9 Å². The van der Waals surface area contributed by atoms with Crippen molar-refractivity contribution in [2.24, 2.45) is 5.92 Å². The van der Waals surface area contributed by atoms with Crippen molar-refractivity contribution in [1.29, 1.82) is 0 Å². The quantitative estimate of drug-likeness (QED) is 0.337. The first kappa shape index (κ1) is 27.8. The number of hydrogen-bond donors (Lipinski definition) is 1. The number of alkyl halides is 3. The van der Waals surface area contributed by atoms with Crippen molar-refractivity contribution in [3.8, 4) is 22.5 Å². The van der Waals surface area contributed by atoms with Crippen molar-refractivity contribution in [3.05, 3.63) is 59.5 Å². The molecule has 0 aliphatic carbocycles. The van der Waals surface area contributed by atoms with Crippen molar-refractivity contribution < 1.29 is 18.0 Å². The second-order valence-corrected chi connectivity index (χ2v) is 10.1. The first-order valence-electron chi connectivity index (χ1n) is 12.9. The number of halogens is 4. The molecule has 1 aromatic carbocycles. The minimum Gasteiger partial charge on any atom is -0.355 e. The second-order valence-electron chi connectivity index (χ2n) is 9.67. The molecule has 38 heavy (non-hydrogen) atoms. The SMILES string of the molecule is CCCCC(C)C(=O)NC1CCN(c2cnc(-c3ccc(C(F)(F)F)cc3)c(-c3ccncc3Cl)n2)CC1. The number of rotatable bonds is 8. The second kappa shape index (κ2) is 12.1. The van der Waals surface area contributed by atoms with Crippen LogP contribution in [0.1, 0.15) is 51.5 Å². The van der Waals surface area contributed by atoms with Crippen molar-refractivity contribution in [1.82, 2.24) is 20.3 Å². The van der Waals surface area contributed by atoms with Gasteiger partial charge in [0.15, 0.2) is 0 Å². The average molecular weight is 546 g/mol. The molecule has 0 bridgehead atoms. The average Bonchev–Trinajstić information content (AvgIpc) is 2.91. The standard InChI is InChI=1S/C28H31ClF3N5O/c1-3-4-5-18(2)27(38)35-21-11-14-37(15-12-21)24-17-34-25(19-6-8-20(9-7-19)28(30,31)32)26(36-24)22-10-13-33-16-23(22)29/h6-10,13,16-18,21H,3-5,11-12,14-15H2,1-2H3,(H,35,38). The Balaban J connectivity index is 1.55. The topological polar surface area (TPSA) is 71.0 Å². The molecule has 0 spiro atoms. The van der Waals surface area contributed by atoms with E-state index >= 15 is 0 Å². The molecule has 6 nitrogen and oxygen atoms in total. The lowest BCUT2D eigenvalue weighted by Crippen LogP contribution is -2.46. The number of amides is 1. The van der Waals surface area contributed by atoms with Gasteiger partial charge in [0.25, 0.3) is 0 Å². The number of unbranched alkanes of at least 4 members (excludes halogenated alkanes) is 1. The van der Waals surface area contributed by atoms with E-state index in [0.29, 0.717) is 46.4 Å². The third-order valence-electron chi connectivity index (χ3n) is 6.88. The fourth-order valence-corrected chi connectivity index (χ4v) is 4.76. The normalized spacial score (nSPS) is 15.4. The zero-order chi connectivity index (χ0) is 27.3. The van der Waals surface area contributed by atoms with Gasteiger partial charge in [0.05, 0.1) is 22.5 Å². The van der Waals surface area contributed by atoms with Gasteiger partial charge in [-0.1, -0.05) is 50.4 Å². The maximum absolute atomic E-state index is 13.1. The van der Waals surface area contributed by atoms with E-state index in [2.05, 4.69) is 27.1 Å². The summed E-state index contributed by atoms with van der Waals surface area (Å²) in [7, 11) is 0. The highest BCUT2D eigenvalue weighted by Crippen LogP contribution is 2.36. The summed E-state index contributed by atoms with van der Waals surface area (Å²) in [6, 6.07) is 6.67. The van der Waals surface area contributed by atoms with Gasteiger partial charge in [-0.05, 0) is 37.5 Å². The third-order valence-corrected chi connectivity index (χ3v) is 7.18. The number of nitrogens with one attached hydrogen (secondary N) is 1. The first-order chi connectivity index (χ1) is 18.2. The molecule has 3 heterocycles. The molecule has 2 aromatic heterocycles. The third kappa shape index (κ3) is 6.62. The summed E-state index contributed by atoms with van der Waals surface area (Å²) < 4.78 is 39.2. The van der Waals surface area contributed by atoms with E-state index in [9.17, 15) is 18.0 Å². The molecule has 1 saturated heterocycles. The first-order valence-corrected chi connectivity index (χ1v) is 13.2. The number of aromatic nitrogens is 3.